The first kappa shape index (κ1) is 12.3. The molecule has 2 rings (SSSR count). The van der Waals surface area contributed by atoms with E-state index in [2.05, 4.69) is 4.90 Å². The van der Waals surface area contributed by atoms with Crippen molar-refractivity contribution in [3.8, 4) is 0 Å². The second kappa shape index (κ2) is 5.96. The van der Waals surface area contributed by atoms with Gasteiger partial charge in [0.2, 0.25) is 0 Å². The number of nitrogens with zero attached hydrogens (tertiary/aromatic N) is 1. The van der Waals surface area contributed by atoms with Gasteiger partial charge in [-0.2, -0.15) is 0 Å². The number of ether oxygens (including phenoxy) is 2. The van der Waals surface area contributed by atoms with E-state index in [9.17, 15) is 0 Å². The van der Waals surface area contributed by atoms with Crippen LogP contribution in [0.2, 0.25) is 0 Å². The van der Waals surface area contributed by atoms with Gasteiger partial charge in [-0.15, -0.1) is 0 Å². The zero-order valence-electron chi connectivity index (χ0n) is 10.2. The van der Waals surface area contributed by atoms with Crippen molar-refractivity contribution in [2.24, 2.45) is 11.7 Å². The molecular weight excluding hydrogens is 204 g/mol. The second-order valence-electron chi connectivity index (χ2n) is 4.90. The number of likely N-dealkylation sites (tertiary alicyclic amines) is 1. The normalized spacial score (nSPS) is 30.8. The van der Waals surface area contributed by atoms with Crippen LogP contribution in [-0.2, 0) is 9.47 Å². The molecular formula is C12H24N2O2. The molecule has 2 unspecified atom stereocenters. The minimum atomic E-state index is 0.453. The van der Waals surface area contributed by atoms with Crippen molar-refractivity contribution >= 4 is 0 Å². The first-order chi connectivity index (χ1) is 7.85. The quantitative estimate of drug-likeness (QED) is 0.759. The molecule has 2 saturated heterocycles. The van der Waals surface area contributed by atoms with E-state index in [4.69, 9.17) is 15.2 Å². The molecule has 2 aliphatic rings. The maximum Gasteiger partial charge on any atom is 0.0595 e. The number of methoxy groups -OCH3 is 1. The van der Waals surface area contributed by atoms with Crippen LogP contribution in [0, 0.1) is 5.92 Å². The van der Waals surface area contributed by atoms with Crippen LogP contribution in [0.25, 0.3) is 0 Å². The number of hydrogen-bond donors (Lipinski definition) is 1. The Bertz CT molecular complexity index is 199. The zero-order chi connectivity index (χ0) is 11.4. The van der Waals surface area contributed by atoms with Crippen LogP contribution in [0.4, 0.5) is 0 Å². The van der Waals surface area contributed by atoms with Crippen molar-refractivity contribution in [2.45, 2.75) is 31.4 Å². The Balaban J connectivity index is 1.85. The highest BCUT2D eigenvalue weighted by molar-refractivity contribution is 4.85. The molecule has 2 N–H and O–H groups in total. The largest absolute Gasteiger partial charge is 0.381 e. The van der Waals surface area contributed by atoms with Crippen molar-refractivity contribution in [3.05, 3.63) is 0 Å². The Hall–Kier alpha value is -0.160. The summed E-state index contributed by atoms with van der Waals surface area (Å²) in [4.78, 5) is 2.54. The van der Waals surface area contributed by atoms with Crippen molar-refractivity contribution in [2.75, 3.05) is 40.0 Å². The van der Waals surface area contributed by atoms with Crippen LogP contribution in [0.1, 0.15) is 19.3 Å². The van der Waals surface area contributed by atoms with Gasteiger partial charge in [0.1, 0.15) is 0 Å². The van der Waals surface area contributed by atoms with Gasteiger partial charge in [-0.3, -0.25) is 4.90 Å². The Morgan fingerprint density at radius 1 is 1.38 bits per heavy atom. The summed E-state index contributed by atoms with van der Waals surface area (Å²) in [5.74, 6) is 0.643. The highest BCUT2D eigenvalue weighted by Crippen LogP contribution is 2.24. The predicted molar refractivity (Wildman–Crippen MR) is 63.4 cm³/mol. The second-order valence-corrected chi connectivity index (χ2v) is 4.90. The van der Waals surface area contributed by atoms with Gasteiger partial charge in [-0.25, -0.2) is 0 Å². The first-order valence-corrected chi connectivity index (χ1v) is 6.39. The molecule has 94 valence electrons. The van der Waals surface area contributed by atoms with E-state index in [0.29, 0.717) is 18.1 Å². The van der Waals surface area contributed by atoms with Gasteiger partial charge in [0, 0.05) is 45.3 Å². The minimum Gasteiger partial charge on any atom is -0.381 e. The van der Waals surface area contributed by atoms with Crippen molar-refractivity contribution in [3.63, 3.8) is 0 Å². The molecule has 2 aliphatic heterocycles. The summed E-state index contributed by atoms with van der Waals surface area (Å²) >= 11 is 0. The molecule has 2 fully saturated rings. The maximum absolute atomic E-state index is 5.92. The van der Waals surface area contributed by atoms with Crippen LogP contribution in [0.15, 0.2) is 0 Å². The SMILES string of the molecule is COC1CCN(C(CN)C2CCOC2)CC1. The molecule has 0 aliphatic carbocycles. The molecule has 0 radical (unpaired) electrons. The van der Waals surface area contributed by atoms with Gasteiger partial charge < -0.3 is 15.2 Å². The first-order valence-electron chi connectivity index (χ1n) is 6.39. The van der Waals surface area contributed by atoms with Crippen molar-refractivity contribution < 1.29 is 9.47 Å². The lowest BCUT2D eigenvalue weighted by atomic mass is 9.95. The van der Waals surface area contributed by atoms with E-state index in [1.165, 1.54) is 6.42 Å². The van der Waals surface area contributed by atoms with E-state index in [-0.39, 0.29) is 0 Å². The summed E-state index contributed by atoms with van der Waals surface area (Å²) in [6, 6.07) is 0.514. The number of piperidine rings is 1. The van der Waals surface area contributed by atoms with E-state index >= 15 is 0 Å². The third-order valence-electron chi connectivity index (χ3n) is 4.03. The summed E-state index contributed by atoms with van der Waals surface area (Å²) in [6.45, 7) is 4.81. The van der Waals surface area contributed by atoms with E-state index < -0.39 is 0 Å². The maximum atomic E-state index is 5.92. The smallest absolute Gasteiger partial charge is 0.0595 e. The fraction of sp³-hybridized carbons (Fsp3) is 1.00. The summed E-state index contributed by atoms with van der Waals surface area (Å²) in [6.07, 6.45) is 3.90. The van der Waals surface area contributed by atoms with Gasteiger partial charge in [0.05, 0.1) is 12.7 Å². The molecule has 2 atom stereocenters. The van der Waals surface area contributed by atoms with E-state index in [0.717, 1.165) is 45.7 Å². The number of hydrogen-bond acceptors (Lipinski definition) is 4. The molecule has 0 aromatic heterocycles. The molecule has 4 nitrogen and oxygen atoms in total. The fourth-order valence-electron chi connectivity index (χ4n) is 2.94. The van der Waals surface area contributed by atoms with Crippen LogP contribution >= 0.6 is 0 Å². The third kappa shape index (κ3) is 2.74. The third-order valence-corrected chi connectivity index (χ3v) is 4.03. The summed E-state index contributed by atoms with van der Waals surface area (Å²) in [7, 11) is 1.81. The molecule has 0 bridgehead atoms. The average molecular weight is 228 g/mol. The lowest BCUT2D eigenvalue weighted by Gasteiger charge is -2.39. The van der Waals surface area contributed by atoms with Crippen LogP contribution < -0.4 is 5.73 Å². The average Bonchev–Trinajstić information content (AvgIpc) is 2.85. The fourth-order valence-corrected chi connectivity index (χ4v) is 2.94. The summed E-state index contributed by atoms with van der Waals surface area (Å²) in [5.41, 5.74) is 5.92. The van der Waals surface area contributed by atoms with E-state index in [1.807, 2.05) is 7.11 Å². The van der Waals surface area contributed by atoms with Gasteiger partial charge >= 0.3 is 0 Å². The van der Waals surface area contributed by atoms with Crippen LogP contribution in [0.3, 0.4) is 0 Å². The standard InChI is InChI=1S/C12H24N2O2/c1-15-11-2-5-14(6-3-11)12(8-13)10-4-7-16-9-10/h10-12H,2-9,13H2,1H3. The Morgan fingerprint density at radius 3 is 2.62 bits per heavy atom. The van der Waals surface area contributed by atoms with Gasteiger partial charge in [0.15, 0.2) is 0 Å². The van der Waals surface area contributed by atoms with Crippen LogP contribution in [0.5, 0.6) is 0 Å². The van der Waals surface area contributed by atoms with Crippen molar-refractivity contribution in [1.29, 1.82) is 0 Å². The van der Waals surface area contributed by atoms with Gasteiger partial charge in [0.25, 0.3) is 0 Å². The molecule has 0 spiro atoms. The summed E-state index contributed by atoms with van der Waals surface area (Å²) < 4.78 is 10.9. The molecule has 0 amide bonds. The molecule has 0 aromatic carbocycles. The molecule has 0 aromatic rings. The van der Waals surface area contributed by atoms with Gasteiger partial charge in [-0.05, 0) is 19.3 Å². The number of rotatable bonds is 4. The van der Waals surface area contributed by atoms with Crippen LogP contribution in [-0.4, -0.2) is 57.0 Å². The highest BCUT2D eigenvalue weighted by atomic mass is 16.5. The Labute approximate surface area is 98.1 Å². The monoisotopic (exact) mass is 228 g/mol. The lowest BCUT2D eigenvalue weighted by molar-refractivity contribution is 0.0169. The number of nitrogens with two attached hydrogens (primary N) is 1. The minimum absolute atomic E-state index is 0.453. The lowest BCUT2D eigenvalue weighted by Crippen LogP contribution is -2.50. The van der Waals surface area contributed by atoms with E-state index in [1.54, 1.807) is 0 Å². The molecule has 0 saturated carbocycles. The predicted octanol–water partition coefficient (Wildman–Crippen LogP) is 0.461. The van der Waals surface area contributed by atoms with Gasteiger partial charge in [-0.1, -0.05) is 0 Å². The molecule has 2 heterocycles. The zero-order valence-corrected chi connectivity index (χ0v) is 10.2. The molecule has 4 heteroatoms. The Kier molecular flexibility index (Phi) is 4.58. The molecule has 16 heavy (non-hydrogen) atoms. The topological polar surface area (TPSA) is 47.7 Å². The van der Waals surface area contributed by atoms with Crippen molar-refractivity contribution in [1.82, 2.24) is 4.90 Å². The Morgan fingerprint density at radius 2 is 2.12 bits per heavy atom. The summed E-state index contributed by atoms with van der Waals surface area (Å²) in [5, 5.41) is 0. The highest BCUT2D eigenvalue weighted by Gasteiger charge is 2.31.